The SMILES string of the molecule is CCCCCCCCCOc1cccc(NC(=O)OCCN2CCOCC2)c1.Cl. The highest BCUT2D eigenvalue weighted by Gasteiger charge is 2.11. The van der Waals surface area contributed by atoms with Gasteiger partial charge in [-0.3, -0.25) is 10.2 Å². The molecule has 7 heteroatoms. The molecule has 1 aromatic carbocycles. The summed E-state index contributed by atoms with van der Waals surface area (Å²) in [4.78, 5) is 14.2. The third-order valence-corrected chi connectivity index (χ3v) is 4.84. The average molecular weight is 429 g/mol. The first-order valence-corrected chi connectivity index (χ1v) is 10.7. The van der Waals surface area contributed by atoms with Crippen LogP contribution >= 0.6 is 12.4 Å². The number of morpholine rings is 1. The number of anilines is 1. The maximum Gasteiger partial charge on any atom is 0.411 e. The maximum absolute atomic E-state index is 12.0. The van der Waals surface area contributed by atoms with Crippen molar-refractivity contribution in [3.8, 4) is 5.75 Å². The van der Waals surface area contributed by atoms with E-state index < -0.39 is 6.09 Å². The number of unbranched alkanes of at least 4 members (excludes halogenated alkanes) is 6. The molecule has 0 bridgehead atoms. The number of carbonyl (C=O) groups is 1. The molecule has 0 spiro atoms. The van der Waals surface area contributed by atoms with Gasteiger partial charge in [0.05, 0.1) is 19.8 Å². The predicted octanol–water partition coefficient (Wildman–Crippen LogP) is 5.12. The molecule has 2 rings (SSSR count). The summed E-state index contributed by atoms with van der Waals surface area (Å²) in [6.07, 6.45) is 8.40. The molecule has 0 aromatic heterocycles. The molecule has 166 valence electrons. The summed E-state index contributed by atoms with van der Waals surface area (Å²) in [5, 5.41) is 2.77. The second-order valence-corrected chi connectivity index (χ2v) is 7.21. The number of nitrogens with zero attached hydrogens (tertiary/aromatic N) is 1. The van der Waals surface area contributed by atoms with Crippen LogP contribution in [0.25, 0.3) is 0 Å². The quantitative estimate of drug-likeness (QED) is 0.442. The van der Waals surface area contributed by atoms with Crippen molar-refractivity contribution in [2.45, 2.75) is 51.9 Å². The van der Waals surface area contributed by atoms with Gasteiger partial charge in [0.15, 0.2) is 0 Å². The Bertz CT molecular complexity index is 553. The molecule has 0 unspecified atom stereocenters. The fourth-order valence-corrected chi connectivity index (χ4v) is 3.16. The van der Waals surface area contributed by atoms with Crippen LogP contribution in [0.15, 0.2) is 24.3 Å². The first-order valence-electron chi connectivity index (χ1n) is 10.7. The number of benzene rings is 1. The Kier molecular flexibility index (Phi) is 14.4. The summed E-state index contributed by atoms with van der Waals surface area (Å²) in [7, 11) is 0. The van der Waals surface area contributed by atoms with Gasteiger partial charge in [-0.2, -0.15) is 0 Å². The van der Waals surface area contributed by atoms with Gasteiger partial charge in [-0.25, -0.2) is 4.79 Å². The van der Waals surface area contributed by atoms with Crippen LogP contribution in [-0.2, 0) is 9.47 Å². The predicted molar refractivity (Wildman–Crippen MR) is 119 cm³/mol. The lowest BCUT2D eigenvalue weighted by Gasteiger charge is -2.26. The molecule has 1 aliphatic heterocycles. The lowest BCUT2D eigenvalue weighted by Crippen LogP contribution is -2.38. The van der Waals surface area contributed by atoms with Crippen LogP contribution in [0.4, 0.5) is 10.5 Å². The molecule has 0 radical (unpaired) electrons. The zero-order valence-electron chi connectivity index (χ0n) is 17.7. The molecule has 29 heavy (non-hydrogen) atoms. The van der Waals surface area contributed by atoms with Gasteiger partial charge >= 0.3 is 6.09 Å². The van der Waals surface area contributed by atoms with Gasteiger partial charge in [-0.1, -0.05) is 51.5 Å². The smallest absolute Gasteiger partial charge is 0.411 e. The van der Waals surface area contributed by atoms with Crippen molar-refractivity contribution < 1.29 is 19.0 Å². The van der Waals surface area contributed by atoms with Crippen LogP contribution in [0.5, 0.6) is 5.75 Å². The lowest BCUT2D eigenvalue weighted by atomic mass is 10.1. The van der Waals surface area contributed by atoms with E-state index in [4.69, 9.17) is 14.2 Å². The van der Waals surface area contributed by atoms with Crippen LogP contribution < -0.4 is 10.1 Å². The summed E-state index contributed by atoms with van der Waals surface area (Å²) in [6.45, 7) is 7.34. The Morgan fingerprint density at radius 2 is 1.79 bits per heavy atom. The molecule has 0 atom stereocenters. The lowest BCUT2D eigenvalue weighted by molar-refractivity contribution is 0.0290. The summed E-state index contributed by atoms with van der Waals surface area (Å²) in [6, 6.07) is 7.47. The minimum Gasteiger partial charge on any atom is -0.494 e. The molecular weight excluding hydrogens is 392 g/mol. The minimum absolute atomic E-state index is 0. The minimum atomic E-state index is -0.433. The molecule has 1 N–H and O–H groups in total. The van der Waals surface area contributed by atoms with Crippen LogP contribution in [0.2, 0.25) is 0 Å². The second kappa shape index (κ2) is 16.3. The van der Waals surface area contributed by atoms with Crippen molar-refractivity contribution in [1.82, 2.24) is 4.90 Å². The van der Waals surface area contributed by atoms with Crippen LogP contribution in [0.3, 0.4) is 0 Å². The zero-order chi connectivity index (χ0) is 19.9. The largest absolute Gasteiger partial charge is 0.494 e. The number of carbonyl (C=O) groups excluding carboxylic acids is 1. The van der Waals surface area contributed by atoms with Crippen LogP contribution in [-0.4, -0.2) is 57.1 Å². The van der Waals surface area contributed by atoms with Crippen molar-refractivity contribution in [3.05, 3.63) is 24.3 Å². The molecule has 1 heterocycles. The van der Waals surface area contributed by atoms with E-state index in [2.05, 4.69) is 17.1 Å². The zero-order valence-corrected chi connectivity index (χ0v) is 18.5. The van der Waals surface area contributed by atoms with E-state index in [9.17, 15) is 4.79 Å². The highest BCUT2D eigenvalue weighted by atomic mass is 35.5. The number of halogens is 1. The summed E-state index contributed by atoms with van der Waals surface area (Å²) >= 11 is 0. The number of ether oxygens (including phenoxy) is 3. The number of nitrogens with one attached hydrogen (secondary N) is 1. The molecule has 1 amide bonds. The Morgan fingerprint density at radius 3 is 2.55 bits per heavy atom. The van der Waals surface area contributed by atoms with Gasteiger partial charge in [0.1, 0.15) is 12.4 Å². The van der Waals surface area contributed by atoms with Crippen molar-refractivity contribution in [3.63, 3.8) is 0 Å². The molecule has 0 aliphatic carbocycles. The van der Waals surface area contributed by atoms with Gasteiger partial charge in [-0.05, 0) is 18.6 Å². The van der Waals surface area contributed by atoms with E-state index in [1.54, 1.807) is 0 Å². The van der Waals surface area contributed by atoms with Crippen LogP contribution in [0.1, 0.15) is 51.9 Å². The molecule has 1 saturated heterocycles. The first kappa shape index (κ1) is 25.5. The fourth-order valence-electron chi connectivity index (χ4n) is 3.16. The first-order chi connectivity index (χ1) is 13.8. The molecule has 0 saturated carbocycles. The van der Waals surface area contributed by atoms with E-state index in [1.165, 1.54) is 38.5 Å². The fraction of sp³-hybridized carbons (Fsp3) is 0.682. The van der Waals surface area contributed by atoms with Gasteiger partial charge in [-0.15, -0.1) is 12.4 Å². The van der Waals surface area contributed by atoms with Gasteiger partial charge < -0.3 is 14.2 Å². The van der Waals surface area contributed by atoms with Crippen LogP contribution in [0, 0.1) is 0 Å². The number of hydrogen-bond donors (Lipinski definition) is 1. The summed E-state index contributed by atoms with van der Waals surface area (Å²) in [5.41, 5.74) is 0.688. The molecular formula is C22H37ClN2O4. The maximum atomic E-state index is 12.0. The van der Waals surface area contributed by atoms with Gasteiger partial charge in [0, 0.05) is 31.4 Å². The van der Waals surface area contributed by atoms with Gasteiger partial charge in [0.2, 0.25) is 0 Å². The Labute approximate surface area is 181 Å². The number of hydrogen-bond acceptors (Lipinski definition) is 5. The van der Waals surface area contributed by atoms with E-state index in [0.29, 0.717) is 18.9 Å². The van der Waals surface area contributed by atoms with E-state index in [-0.39, 0.29) is 12.4 Å². The van der Waals surface area contributed by atoms with E-state index in [1.807, 2.05) is 24.3 Å². The third kappa shape index (κ3) is 11.9. The van der Waals surface area contributed by atoms with Crippen molar-refractivity contribution in [2.75, 3.05) is 51.4 Å². The third-order valence-electron chi connectivity index (χ3n) is 4.84. The van der Waals surface area contributed by atoms with Crippen molar-refractivity contribution in [2.24, 2.45) is 0 Å². The Morgan fingerprint density at radius 1 is 1.07 bits per heavy atom. The second-order valence-electron chi connectivity index (χ2n) is 7.21. The van der Waals surface area contributed by atoms with E-state index >= 15 is 0 Å². The van der Waals surface area contributed by atoms with Gasteiger partial charge in [0.25, 0.3) is 0 Å². The summed E-state index contributed by atoms with van der Waals surface area (Å²) in [5.74, 6) is 0.775. The highest BCUT2D eigenvalue weighted by molar-refractivity contribution is 5.85. The van der Waals surface area contributed by atoms with Crippen molar-refractivity contribution >= 4 is 24.2 Å². The normalized spacial score (nSPS) is 14.1. The highest BCUT2D eigenvalue weighted by Crippen LogP contribution is 2.18. The molecule has 1 fully saturated rings. The number of amides is 1. The van der Waals surface area contributed by atoms with Crippen molar-refractivity contribution in [1.29, 1.82) is 0 Å². The molecule has 1 aliphatic rings. The number of rotatable bonds is 13. The standard InChI is InChI=1S/C22H36N2O4.ClH/c1-2-3-4-5-6-7-8-15-27-21-11-9-10-20(19-21)23-22(25)28-18-14-24-12-16-26-17-13-24;/h9-11,19H,2-8,12-18H2,1H3,(H,23,25);1H. The Hall–Kier alpha value is -1.50. The average Bonchev–Trinajstić information content (AvgIpc) is 2.71. The molecule has 1 aromatic rings. The Balaban J connectivity index is 0.00000420. The summed E-state index contributed by atoms with van der Waals surface area (Å²) < 4.78 is 16.4. The molecule has 6 nitrogen and oxygen atoms in total. The topological polar surface area (TPSA) is 60.0 Å². The van der Waals surface area contributed by atoms with E-state index in [0.717, 1.165) is 45.0 Å². The monoisotopic (exact) mass is 428 g/mol.